The van der Waals surface area contributed by atoms with Gasteiger partial charge in [0.2, 0.25) is 0 Å². The standard InChI is InChI=1S/C17H16N2OS/c1-11-9-20-15-5-3-2-4-13(15)17(11)19-12-6-7-14-16(8-12)21-10-18-14/h2-8,10-11,17,19H,9H2,1H3. The maximum Gasteiger partial charge on any atom is 0.124 e. The molecule has 0 saturated heterocycles. The van der Waals surface area contributed by atoms with Crippen LogP contribution in [0.1, 0.15) is 18.5 Å². The fourth-order valence-electron chi connectivity index (χ4n) is 2.84. The summed E-state index contributed by atoms with van der Waals surface area (Å²) in [5, 5.41) is 3.67. The fourth-order valence-corrected chi connectivity index (χ4v) is 3.55. The van der Waals surface area contributed by atoms with Crippen molar-refractivity contribution in [1.82, 2.24) is 4.98 Å². The molecule has 1 aliphatic heterocycles. The Morgan fingerprint density at radius 1 is 1.24 bits per heavy atom. The monoisotopic (exact) mass is 296 g/mol. The van der Waals surface area contributed by atoms with Gasteiger partial charge in [0.25, 0.3) is 0 Å². The molecule has 21 heavy (non-hydrogen) atoms. The van der Waals surface area contributed by atoms with E-state index in [1.54, 1.807) is 11.3 Å². The molecule has 2 heterocycles. The first kappa shape index (κ1) is 12.7. The Balaban J connectivity index is 1.69. The van der Waals surface area contributed by atoms with Crippen molar-refractivity contribution >= 4 is 27.2 Å². The van der Waals surface area contributed by atoms with Crippen LogP contribution in [0.2, 0.25) is 0 Å². The molecule has 1 aromatic heterocycles. The van der Waals surface area contributed by atoms with E-state index in [2.05, 4.69) is 47.6 Å². The molecule has 4 rings (SSSR count). The number of nitrogens with one attached hydrogen (secondary N) is 1. The smallest absolute Gasteiger partial charge is 0.124 e. The van der Waals surface area contributed by atoms with E-state index in [4.69, 9.17) is 4.74 Å². The van der Waals surface area contributed by atoms with Crippen LogP contribution in [0.5, 0.6) is 5.75 Å². The van der Waals surface area contributed by atoms with Crippen molar-refractivity contribution in [3.05, 3.63) is 53.5 Å². The van der Waals surface area contributed by atoms with Crippen molar-refractivity contribution in [2.24, 2.45) is 5.92 Å². The lowest BCUT2D eigenvalue weighted by atomic mass is 9.92. The normalized spacial score (nSPS) is 20.8. The molecule has 0 aliphatic carbocycles. The van der Waals surface area contributed by atoms with Crippen LogP contribution >= 0.6 is 11.3 Å². The Morgan fingerprint density at radius 2 is 2.14 bits per heavy atom. The largest absolute Gasteiger partial charge is 0.493 e. The predicted molar refractivity (Wildman–Crippen MR) is 87.1 cm³/mol. The summed E-state index contributed by atoms with van der Waals surface area (Å²) in [7, 11) is 0. The van der Waals surface area contributed by atoms with E-state index in [0.29, 0.717) is 5.92 Å². The highest BCUT2D eigenvalue weighted by Gasteiger charge is 2.27. The molecule has 2 unspecified atom stereocenters. The van der Waals surface area contributed by atoms with Crippen molar-refractivity contribution in [1.29, 1.82) is 0 Å². The molecule has 2 aromatic carbocycles. The van der Waals surface area contributed by atoms with Gasteiger partial charge in [-0.05, 0) is 24.3 Å². The molecule has 0 saturated carbocycles. The van der Waals surface area contributed by atoms with E-state index < -0.39 is 0 Å². The minimum absolute atomic E-state index is 0.278. The third-order valence-corrected chi connectivity index (χ3v) is 4.77. The Hall–Kier alpha value is -2.07. The molecule has 106 valence electrons. The van der Waals surface area contributed by atoms with Crippen LogP contribution in [0, 0.1) is 5.92 Å². The van der Waals surface area contributed by atoms with E-state index >= 15 is 0 Å². The number of hydrogen-bond acceptors (Lipinski definition) is 4. The molecule has 3 aromatic rings. The molecular formula is C17H16N2OS. The van der Waals surface area contributed by atoms with Crippen molar-refractivity contribution in [2.45, 2.75) is 13.0 Å². The van der Waals surface area contributed by atoms with Crippen LogP contribution in [0.25, 0.3) is 10.2 Å². The van der Waals surface area contributed by atoms with Gasteiger partial charge in [0.15, 0.2) is 0 Å². The molecule has 0 spiro atoms. The number of para-hydroxylation sites is 1. The third-order valence-electron chi connectivity index (χ3n) is 3.98. The van der Waals surface area contributed by atoms with Crippen LogP contribution in [-0.2, 0) is 0 Å². The number of rotatable bonds is 2. The number of hydrogen-bond donors (Lipinski definition) is 1. The predicted octanol–water partition coefficient (Wildman–Crippen LogP) is 4.48. The van der Waals surface area contributed by atoms with Crippen molar-refractivity contribution in [2.75, 3.05) is 11.9 Å². The number of ether oxygens (including phenoxy) is 1. The summed E-state index contributed by atoms with van der Waals surface area (Å²) in [6.07, 6.45) is 0. The maximum absolute atomic E-state index is 5.81. The summed E-state index contributed by atoms with van der Waals surface area (Å²) in [5.41, 5.74) is 5.33. The Morgan fingerprint density at radius 3 is 3.10 bits per heavy atom. The highest BCUT2D eigenvalue weighted by atomic mass is 32.1. The van der Waals surface area contributed by atoms with Crippen LogP contribution < -0.4 is 10.1 Å². The van der Waals surface area contributed by atoms with Gasteiger partial charge in [0.05, 0.1) is 28.4 Å². The Kier molecular flexibility index (Phi) is 3.04. The zero-order chi connectivity index (χ0) is 14.2. The quantitative estimate of drug-likeness (QED) is 0.757. The first-order valence-electron chi connectivity index (χ1n) is 7.13. The average molecular weight is 296 g/mol. The van der Waals surface area contributed by atoms with Gasteiger partial charge in [-0.3, -0.25) is 0 Å². The van der Waals surface area contributed by atoms with Crippen LogP contribution in [0.15, 0.2) is 48.0 Å². The number of benzene rings is 2. The lowest BCUT2D eigenvalue weighted by molar-refractivity contribution is 0.214. The summed E-state index contributed by atoms with van der Waals surface area (Å²) < 4.78 is 7.03. The minimum Gasteiger partial charge on any atom is -0.493 e. The molecule has 0 bridgehead atoms. The summed E-state index contributed by atoms with van der Waals surface area (Å²) >= 11 is 1.67. The minimum atomic E-state index is 0.278. The second-order valence-corrected chi connectivity index (χ2v) is 6.37. The van der Waals surface area contributed by atoms with Gasteiger partial charge >= 0.3 is 0 Å². The Labute approximate surface area is 127 Å². The van der Waals surface area contributed by atoms with E-state index in [9.17, 15) is 0 Å². The molecule has 1 aliphatic rings. The van der Waals surface area contributed by atoms with Gasteiger partial charge in [0, 0.05) is 17.2 Å². The molecule has 0 radical (unpaired) electrons. The molecule has 1 N–H and O–H groups in total. The fraction of sp³-hybridized carbons (Fsp3) is 0.235. The zero-order valence-corrected chi connectivity index (χ0v) is 12.6. The summed E-state index contributed by atoms with van der Waals surface area (Å²) in [5.74, 6) is 1.42. The van der Waals surface area contributed by atoms with Gasteiger partial charge in [-0.2, -0.15) is 0 Å². The summed E-state index contributed by atoms with van der Waals surface area (Å²) in [6, 6.07) is 14.9. The third kappa shape index (κ3) is 2.25. The van der Waals surface area contributed by atoms with Crippen LogP contribution in [-0.4, -0.2) is 11.6 Å². The molecule has 4 heteroatoms. The van der Waals surface area contributed by atoms with Gasteiger partial charge in [-0.1, -0.05) is 25.1 Å². The number of aromatic nitrogens is 1. The second-order valence-electron chi connectivity index (χ2n) is 5.48. The van der Waals surface area contributed by atoms with E-state index in [1.807, 2.05) is 17.6 Å². The SMILES string of the molecule is CC1COc2ccccc2C1Nc1ccc2ncsc2c1. The van der Waals surface area contributed by atoms with Gasteiger partial charge in [-0.25, -0.2) is 4.98 Å². The summed E-state index contributed by atoms with van der Waals surface area (Å²) in [6.45, 7) is 2.97. The maximum atomic E-state index is 5.81. The number of fused-ring (bicyclic) bond motifs is 2. The first-order valence-corrected chi connectivity index (χ1v) is 8.01. The lowest BCUT2D eigenvalue weighted by Gasteiger charge is -2.32. The Bertz CT molecular complexity index is 783. The van der Waals surface area contributed by atoms with Crippen LogP contribution in [0.4, 0.5) is 5.69 Å². The summed E-state index contributed by atoms with van der Waals surface area (Å²) in [4.78, 5) is 4.33. The van der Waals surface area contributed by atoms with Gasteiger partial charge < -0.3 is 10.1 Å². The van der Waals surface area contributed by atoms with Crippen LogP contribution in [0.3, 0.4) is 0 Å². The number of thiazole rings is 1. The highest BCUT2D eigenvalue weighted by molar-refractivity contribution is 7.16. The lowest BCUT2D eigenvalue weighted by Crippen LogP contribution is -2.28. The molecule has 2 atom stereocenters. The zero-order valence-electron chi connectivity index (χ0n) is 11.7. The average Bonchev–Trinajstić information content (AvgIpc) is 2.98. The molecule has 3 nitrogen and oxygen atoms in total. The van der Waals surface area contributed by atoms with E-state index in [0.717, 1.165) is 23.6 Å². The van der Waals surface area contributed by atoms with E-state index in [1.165, 1.54) is 10.3 Å². The highest BCUT2D eigenvalue weighted by Crippen LogP contribution is 2.37. The van der Waals surface area contributed by atoms with Gasteiger partial charge in [-0.15, -0.1) is 11.3 Å². The van der Waals surface area contributed by atoms with Gasteiger partial charge in [0.1, 0.15) is 5.75 Å². The number of nitrogens with zero attached hydrogens (tertiary/aromatic N) is 1. The van der Waals surface area contributed by atoms with Crippen molar-refractivity contribution in [3.63, 3.8) is 0 Å². The van der Waals surface area contributed by atoms with Crippen molar-refractivity contribution < 1.29 is 4.74 Å². The molecule has 0 amide bonds. The van der Waals surface area contributed by atoms with E-state index in [-0.39, 0.29) is 6.04 Å². The van der Waals surface area contributed by atoms with Crippen molar-refractivity contribution in [3.8, 4) is 5.75 Å². The molecule has 0 fully saturated rings. The number of anilines is 1. The first-order chi connectivity index (χ1) is 10.3. The topological polar surface area (TPSA) is 34.1 Å². The second kappa shape index (κ2) is 5.04. The molecular weight excluding hydrogens is 280 g/mol.